The number of carbonyl (C=O) groups is 1. The van der Waals surface area contributed by atoms with Gasteiger partial charge in [-0.15, -0.1) is 0 Å². The molecule has 0 bridgehead atoms. The van der Waals surface area contributed by atoms with Gasteiger partial charge in [0.25, 0.3) is 0 Å². The van der Waals surface area contributed by atoms with Crippen molar-refractivity contribution in [2.45, 2.75) is 46.5 Å². The second-order valence-corrected chi connectivity index (χ2v) is 7.32. The van der Waals surface area contributed by atoms with Gasteiger partial charge in [0, 0.05) is 43.0 Å². The van der Waals surface area contributed by atoms with E-state index < -0.39 is 0 Å². The summed E-state index contributed by atoms with van der Waals surface area (Å²) in [5.74, 6) is 0.0684. The third kappa shape index (κ3) is 18.2. The zero-order chi connectivity index (χ0) is 25.5. The van der Waals surface area contributed by atoms with Crippen LogP contribution in [0.2, 0.25) is 0 Å². The van der Waals surface area contributed by atoms with E-state index >= 15 is 0 Å². The molecule has 182 valence electrons. The first kappa shape index (κ1) is 32.1. The molecule has 0 spiro atoms. The number of unbranched alkanes of at least 4 members (excludes halogenated alkanes) is 1. The average Bonchev–Trinajstić information content (AvgIpc) is 2.79. The fourth-order valence-electron chi connectivity index (χ4n) is 2.66. The van der Waals surface area contributed by atoms with E-state index in [1.807, 2.05) is 58.0 Å². The van der Waals surface area contributed by atoms with E-state index in [0.717, 1.165) is 37.2 Å². The van der Waals surface area contributed by atoms with Crippen LogP contribution in [0, 0.1) is 11.3 Å². The molecule has 0 saturated carbocycles. The van der Waals surface area contributed by atoms with Crippen molar-refractivity contribution in [2.24, 2.45) is 0 Å². The molecule has 1 amide bonds. The molecule has 0 aliphatic carbocycles. The minimum atomic E-state index is 0.0684. The molecule has 0 heterocycles. The Morgan fingerprint density at radius 2 is 1.79 bits per heavy atom. The number of nitrogens with one attached hydrogen (secondary N) is 1. The molecule has 5 nitrogen and oxygen atoms in total. The average molecular weight is 453 g/mol. The van der Waals surface area contributed by atoms with Gasteiger partial charge in [0.2, 0.25) is 5.91 Å². The van der Waals surface area contributed by atoms with Crippen LogP contribution in [0.25, 0.3) is 0 Å². The summed E-state index contributed by atoms with van der Waals surface area (Å²) < 4.78 is 0. The van der Waals surface area contributed by atoms with Crippen molar-refractivity contribution in [1.82, 2.24) is 15.1 Å². The smallest absolute Gasteiger partial charge is 0.220 e. The van der Waals surface area contributed by atoms with E-state index in [4.69, 9.17) is 5.26 Å². The van der Waals surface area contributed by atoms with Gasteiger partial charge in [-0.3, -0.25) is 4.79 Å². The van der Waals surface area contributed by atoms with Crippen LogP contribution in [0.1, 0.15) is 46.5 Å². The molecule has 0 aromatic carbocycles. The Hall–Kier alpha value is -3.10. The standard InChI is InChI=1S/C26H38N4O.C2H6/c1-7-9-15-24(22-27)16-11-10-12-17-25(14-8-2)30(23(3)4)20-13-18-26(31)28-19-21-29(5)6;1-2/h7-9,12,14-17H,1-3,10-11,13,18-21H2,4-6H3,(H,28,31);1-2H3/b15-9-,17-12-,24-16+,25-14+;. The van der Waals surface area contributed by atoms with Gasteiger partial charge < -0.3 is 15.1 Å². The van der Waals surface area contributed by atoms with E-state index in [0.29, 0.717) is 25.1 Å². The molecular formula is C28H44N4O. The van der Waals surface area contributed by atoms with Crippen molar-refractivity contribution in [2.75, 3.05) is 33.7 Å². The summed E-state index contributed by atoms with van der Waals surface area (Å²) in [5, 5.41) is 12.0. The van der Waals surface area contributed by atoms with Crippen LogP contribution in [0.3, 0.4) is 0 Å². The number of carbonyl (C=O) groups excluding carboxylic acids is 1. The lowest BCUT2D eigenvalue weighted by Crippen LogP contribution is -2.31. The highest BCUT2D eigenvalue weighted by atomic mass is 16.1. The van der Waals surface area contributed by atoms with Gasteiger partial charge in [0.1, 0.15) is 0 Å². The van der Waals surface area contributed by atoms with E-state index in [1.54, 1.807) is 24.3 Å². The molecule has 5 heteroatoms. The monoisotopic (exact) mass is 452 g/mol. The predicted molar refractivity (Wildman–Crippen MR) is 143 cm³/mol. The van der Waals surface area contributed by atoms with Crippen molar-refractivity contribution in [3.8, 4) is 6.07 Å². The summed E-state index contributed by atoms with van der Waals surface area (Å²) in [6, 6.07) is 2.16. The molecule has 0 radical (unpaired) electrons. The number of nitriles is 1. The maximum Gasteiger partial charge on any atom is 0.220 e. The van der Waals surface area contributed by atoms with Gasteiger partial charge in [0.15, 0.2) is 0 Å². The van der Waals surface area contributed by atoms with Crippen molar-refractivity contribution >= 4 is 5.91 Å². The zero-order valence-corrected chi connectivity index (χ0v) is 21.4. The molecule has 0 rings (SSSR count). The summed E-state index contributed by atoms with van der Waals surface area (Å²) >= 11 is 0. The summed E-state index contributed by atoms with van der Waals surface area (Å²) in [5.41, 5.74) is 2.51. The predicted octanol–water partition coefficient (Wildman–Crippen LogP) is 5.90. The molecule has 0 aliphatic rings. The van der Waals surface area contributed by atoms with E-state index in [9.17, 15) is 4.79 Å². The first-order valence-electron chi connectivity index (χ1n) is 11.6. The first-order chi connectivity index (χ1) is 15.8. The van der Waals surface area contributed by atoms with Crippen molar-refractivity contribution in [3.05, 3.63) is 85.3 Å². The molecular weight excluding hydrogens is 408 g/mol. The second kappa shape index (κ2) is 22.1. The van der Waals surface area contributed by atoms with Gasteiger partial charge in [0.05, 0.1) is 6.07 Å². The number of amides is 1. The molecule has 0 fully saturated rings. The second-order valence-electron chi connectivity index (χ2n) is 7.32. The third-order valence-electron chi connectivity index (χ3n) is 4.25. The minimum absolute atomic E-state index is 0.0684. The first-order valence-corrected chi connectivity index (χ1v) is 11.6. The van der Waals surface area contributed by atoms with E-state index in [-0.39, 0.29) is 5.91 Å². The zero-order valence-electron chi connectivity index (χ0n) is 21.4. The number of hydrogen-bond donors (Lipinski definition) is 1. The third-order valence-corrected chi connectivity index (χ3v) is 4.25. The van der Waals surface area contributed by atoms with Crippen LogP contribution in [-0.2, 0) is 4.79 Å². The summed E-state index contributed by atoms with van der Waals surface area (Å²) in [7, 11) is 3.97. The topological polar surface area (TPSA) is 59.4 Å². The van der Waals surface area contributed by atoms with Crippen LogP contribution in [0.4, 0.5) is 0 Å². The fourth-order valence-corrected chi connectivity index (χ4v) is 2.66. The van der Waals surface area contributed by atoms with Crippen LogP contribution in [-0.4, -0.2) is 49.4 Å². The quantitative estimate of drug-likeness (QED) is 0.180. The number of hydrogen-bond acceptors (Lipinski definition) is 4. The number of nitrogens with zero attached hydrogens (tertiary/aromatic N) is 3. The Morgan fingerprint density at radius 3 is 2.33 bits per heavy atom. The Kier molecular flexibility index (Phi) is 21.5. The minimum Gasteiger partial charge on any atom is -0.355 e. The lowest BCUT2D eigenvalue weighted by molar-refractivity contribution is -0.121. The van der Waals surface area contributed by atoms with Crippen LogP contribution < -0.4 is 5.32 Å². The summed E-state index contributed by atoms with van der Waals surface area (Å²) in [4.78, 5) is 16.1. The lowest BCUT2D eigenvalue weighted by Gasteiger charge is -2.26. The number of likely N-dealkylation sites (N-methyl/N-ethyl adjacent to an activating group) is 1. The molecule has 33 heavy (non-hydrogen) atoms. The maximum absolute atomic E-state index is 12.0. The van der Waals surface area contributed by atoms with Gasteiger partial charge >= 0.3 is 0 Å². The van der Waals surface area contributed by atoms with Crippen LogP contribution in [0.5, 0.6) is 0 Å². The fraction of sp³-hybridized carbons (Fsp3) is 0.429. The molecule has 0 aliphatic heterocycles. The van der Waals surface area contributed by atoms with Gasteiger partial charge in [-0.1, -0.05) is 64.0 Å². The maximum atomic E-state index is 12.0. The molecule has 0 saturated heterocycles. The van der Waals surface area contributed by atoms with Gasteiger partial charge in [-0.25, -0.2) is 0 Å². The normalized spacial score (nSPS) is 11.7. The summed E-state index contributed by atoms with van der Waals surface area (Å²) in [6.07, 6.45) is 17.6. The van der Waals surface area contributed by atoms with Crippen LogP contribution in [0.15, 0.2) is 85.3 Å². The molecule has 1 N–H and O–H groups in total. The molecule has 0 aromatic heterocycles. The number of rotatable bonds is 16. The highest BCUT2D eigenvalue weighted by molar-refractivity contribution is 5.75. The SMILES string of the molecule is C=C/C=C\C(C#N)=C/CC/C=C\C(=C/C=C)N(CCCC(=O)NCCN(C)C)C(=C)C.CC. The summed E-state index contributed by atoms with van der Waals surface area (Å²) in [6.45, 7) is 19.6. The van der Waals surface area contributed by atoms with Crippen LogP contribution >= 0.6 is 0 Å². The molecule has 0 aromatic rings. The highest BCUT2D eigenvalue weighted by Gasteiger charge is 2.09. The van der Waals surface area contributed by atoms with Crippen molar-refractivity contribution in [3.63, 3.8) is 0 Å². The Balaban J connectivity index is 0. The lowest BCUT2D eigenvalue weighted by atomic mass is 10.1. The van der Waals surface area contributed by atoms with E-state index in [2.05, 4.69) is 42.1 Å². The molecule has 0 unspecified atom stereocenters. The Bertz CT molecular complexity index is 748. The van der Waals surface area contributed by atoms with E-state index in [1.165, 1.54) is 0 Å². The van der Waals surface area contributed by atoms with Gasteiger partial charge in [-0.2, -0.15) is 5.26 Å². The largest absolute Gasteiger partial charge is 0.355 e. The van der Waals surface area contributed by atoms with Gasteiger partial charge in [-0.05, 0) is 58.5 Å². The van der Waals surface area contributed by atoms with Crippen molar-refractivity contribution in [1.29, 1.82) is 5.26 Å². The number of allylic oxidation sites excluding steroid dienone is 10. The van der Waals surface area contributed by atoms with Crippen molar-refractivity contribution < 1.29 is 4.79 Å². The molecule has 0 atom stereocenters. The Morgan fingerprint density at radius 1 is 1.09 bits per heavy atom. The Labute approximate surface area is 202 Å². The highest BCUT2D eigenvalue weighted by Crippen LogP contribution is 2.15.